The number of furan rings is 1. The molecule has 2 heterocycles. The van der Waals surface area contributed by atoms with Crippen LogP contribution in [0.3, 0.4) is 0 Å². The Morgan fingerprint density at radius 2 is 2.05 bits per heavy atom. The van der Waals surface area contributed by atoms with Gasteiger partial charge in [0.2, 0.25) is 0 Å². The highest BCUT2D eigenvalue weighted by Gasteiger charge is 2.13. The minimum Gasteiger partial charge on any atom is -0.456 e. The van der Waals surface area contributed by atoms with Crippen molar-refractivity contribution in [1.29, 1.82) is 0 Å². The third-order valence-corrected chi connectivity index (χ3v) is 3.85. The summed E-state index contributed by atoms with van der Waals surface area (Å²) in [5.41, 5.74) is 5.96. The number of anilines is 1. The number of hydrogen-bond donors (Lipinski definition) is 1. The van der Waals surface area contributed by atoms with E-state index in [-0.39, 0.29) is 0 Å². The van der Waals surface area contributed by atoms with Crippen molar-refractivity contribution in [1.82, 2.24) is 0 Å². The quantitative estimate of drug-likeness (QED) is 0.692. The molecule has 19 heavy (non-hydrogen) atoms. The fraction of sp³-hybridized carbons (Fsp3) is 0.176. The van der Waals surface area contributed by atoms with Crippen LogP contribution >= 0.6 is 0 Å². The predicted molar refractivity (Wildman–Crippen MR) is 78.6 cm³/mol. The zero-order chi connectivity index (χ0) is 12.8. The number of para-hydroxylation sites is 1. The highest BCUT2D eigenvalue weighted by Crippen LogP contribution is 2.33. The van der Waals surface area contributed by atoms with E-state index in [1.807, 2.05) is 0 Å². The molecule has 1 aliphatic rings. The van der Waals surface area contributed by atoms with E-state index < -0.39 is 0 Å². The summed E-state index contributed by atoms with van der Waals surface area (Å²) in [6, 6.07) is 14.9. The molecule has 3 aromatic rings. The van der Waals surface area contributed by atoms with Gasteiger partial charge in [-0.1, -0.05) is 30.3 Å². The third-order valence-electron chi connectivity index (χ3n) is 3.85. The van der Waals surface area contributed by atoms with Crippen molar-refractivity contribution < 1.29 is 4.42 Å². The molecule has 94 valence electrons. The maximum Gasteiger partial charge on any atom is 0.137 e. The van der Waals surface area contributed by atoms with Gasteiger partial charge in [0, 0.05) is 23.2 Å². The molecule has 2 nitrogen and oxygen atoms in total. The molecule has 0 saturated heterocycles. The molecular formula is C17H15NO. The molecule has 0 bridgehead atoms. The van der Waals surface area contributed by atoms with Crippen molar-refractivity contribution in [2.75, 3.05) is 11.9 Å². The van der Waals surface area contributed by atoms with E-state index in [9.17, 15) is 0 Å². The lowest BCUT2D eigenvalue weighted by Gasteiger charge is -2.02. The number of fused-ring (bicyclic) bond motifs is 2. The zero-order valence-electron chi connectivity index (χ0n) is 10.9. The Morgan fingerprint density at radius 3 is 2.95 bits per heavy atom. The summed E-state index contributed by atoms with van der Waals surface area (Å²) in [7, 11) is 0. The fourth-order valence-electron chi connectivity index (χ4n) is 2.80. The molecular weight excluding hydrogens is 234 g/mol. The van der Waals surface area contributed by atoms with Gasteiger partial charge in [-0.3, -0.25) is 0 Å². The van der Waals surface area contributed by atoms with E-state index in [0.717, 1.165) is 29.9 Å². The van der Waals surface area contributed by atoms with E-state index in [4.69, 9.17) is 4.42 Å². The lowest BCUT2D eigenvalue weighted by molar-refractivity contribution is 0.629. The summed E-state index contributed by atoms with van der Waals surface area (Å²) in [4.78, 5) is 0. The molecule has 4 rings (SSSR count). The van der Waals surface area contributed by atoms with Crippen molar-refractivity contribution in [3.05, 3.63) is 53.6 Å². The monoisotopic (exact) mass is 249 g/mol. The van der Waals surface area contributed by atoms with Gasteiger partial charge in [0.15, 0.2) is 0 Å². The number of hydrogen-bond acceptors (Lipinski definition) is 2. The van der Waals surface area contributed by atoms with E-state index in [1.165, 1.54) is 22.2 Å². The summed E-state index contributed by atoms with van der Waals surface area (Å²) in [6.45, 7) is 3.12. The highest BCUT2D eigenvalue weighted by atomic mass is 16.3. The van der Waals surface area contributed by atoms with Gasteiger partial charge in [0.25, 0.3) is 0 Å². The predicted octanol–water partition coefficient (Wildman–Crippen LogP) is 4.38. The Morgan fingerprint density at radius 1 is 1.11 bits per heavy atom. The van der Waals surface area contributed by atoms with Crippen LogP contribution in [-0.4, -0.2) is 6.54 Å². The van der Waals surface area contributed by atoms with Gasteiger partial charge in [-0.25, -0.2) is 0 Å². The molecule has 0 saturated carbocycles. The Bertz CT molecular complexity index is 770. The molecule has 0 radical (unpaired) electrons. The van der Waals surface area contributed by atoms with Crippen LogP contribution in [0.15, 0.2) is 46.9 Å². The third kappa shape index (κ3) is 1.64. The van der Waals surface area contributed by atoms with E-state index in [1.54, 1.807) is 0 Å². The van der Waals surface area contributed by atoms with Crippen molar-refractivity contribution in [2.45, 2.75) is 13.3 Å². The SMILES string of the molecule is Cc1cccc2cc(-c3ccc4c(c3)NCC4)oc12. The van der Waals surface area contributed by atoms with Crippen molar-refractivity contribution in [2.24, 2.45) is 0 Å². The molecule has 1 N–H and O–H groups in total. The van der Waals surface area contributed by atoms with E-state index in [0.29, 0.717) is 0 Å². The van der Waals surface area contributed by atoms with Gasteiger partial charge in [0.1, 0.15) is 11.3 Å². The molecule has 0 spiro atoms. The second-order valence-electron chi connectivity index (χ2n) is 5.15. The first kappa shape index (κ1) is 10.7. The smallest absolute Gasteiger partial charge is 0.137 e. The van der Waals surface area contributed by atoms with Gasteiger partial charge in [-0.2, -0.15) is 0 Å². The van der Waals surface area contributed by atoms with Crippen LogP contribution in [0, 0.1) is 6.92 Å². The van der Waals surface area contributed by atoms with E-state index >= 15 is 0 Å². The lowest BCUT2D eigenvalue weighted by atomic mass is 10.1. The Labute approximate surface area is 112 Å². The van der Waals surface area contributed by atoms with Crippen LogP contribution in [0.5, 0.6) is 0 Å². The minimum atomic E-state index is 0.945. The Balaban J connectivity index is 1.88. The maximum absolute atomic E-state index is 6.02. The summed E-state index contributed by atoms with van der Waals surface area (Å²) in [6.07, 6.45) is 1.12. The molecule has 2 aromatic carbocycles. The van der Waals surface area contributed by atoms with Crippen LogP contribution in [0.2, 0.25) is 0 Å². The number of rotatable bonds is 1. The summed E-state index contributed by atoms with van der Waals surface area (Å²) in [5, 5.41) is 4.58. The van der Waals surface area contributed by atoms with Crippen LogP contribution in [-0.2, 0) is 6.42 Å². The van der Waals surface area contributed by atoms with Gasteiger partial charge >= 0.3 is 0 Å². The van der Waals surface area contributed by atoms with Crippen molar-refractivity contribution in [3.8, 4) is 11.3 Å². The molecule has 0 amide bonds. The normalized spacial score (nSPS) is 13.5. The molecule has 1 aliphatic heterocycles. The largest absolute Gasteiger partial charge is 0.456 e. The summed E-state index contributed by atoms with van der Waals surface area (Å²) >= 11 is 0. The fourth-order valence-corrected chi connectivity index (χ4v) is 2.80. The average molecular weight is 249 g/mol. The number of aryl methyl sites for hydroxylation is 1. The zero-order valence-corrected chi connectivity index (χ0v) is 10.9. The first-order valence-electron chi connectivity index (χ1n) is 6.67. The Kier molecular flexibility index (Phi) is 2.18. The maximum atomic E-state index is 6.02. The van der Waals surface area contributed by atoms with Gasteiger partial charge in [-0.05, 0) is 36.6 Å². The Hall–Kier alpha value is -2.22. The van der Waals surface area contributed by atoms with Crippen LogP contribution in [0.1, 0.15) is 11.1 Å². The lowest BCUT2D eigenvalue weighted by Crippen LogP contribution is -1.90. The highest BCUT2D eigenvalue weighted by molar-refractivity contribution is 5.85. The van der Waals surface area contributed by atoms with Gasteiger partial charge < -0.3 is 9.73 Å². The molecule has 0 unspecified atom stereocenters. The number of nitrogens with one attached hydrogen (secondary N) is 1. The second-order valence-corrected chi connectivity index (χ2v) is 5.15. The molecule has 1 aromatic heterocycles. The van der Waals surface area contributed by atoms with Crippen molar-refractivity contribution in [3.63, 3.8) is 0 Å². The first-order chi connectivity index (χ1) is 9.31. The topological polar surface area (TPSA) is 25.2 Å². The van der Waals surface area contributed by atoms with Crippen LogP contribution < -0.4 is 5.32 Å². The van der Waals surface area contributed by atoms with E-state index in [2.05, 4.69) is 54.7 Å². The van der Waals surface area contributed by atoms with Gasteiger partial charge in [0.05, 0.1) is 0 Å². The standard InChI is InChI=1S/C17H15NO/c1-11-3-2-4-14-10-16(19-17(11)14)13-6-5-12-7-8-18-15(12)9-13/h2-6,9-10,18H,7-8H2,1H3. The van der Waals surface area contributed by atoms with Crippen LogP contribution in [0.25, 0.3) is 22.3 Å². The van der Waals surface area contributed by atoms with Gasteiger partial charge in [-0.15, -0.1) is 0 Å². The molecule has 2 heteroatoms. The summed E-state index contributed by atoms with van der Waals surface area (Å²) in [5.74, 6) is 0.945. The average Bonchev–Trinajstić information content (AvgIpc) is 3.04. The number of benzene rings is 2. The minimum absolute atomic E-state index is 0.945. The molecule has 0 fully saturated rings. The summed E-state index contributed by atoms with van der Waals surface area (Å²) < 4.78 is 6.02. The molecule has 0 atom stereocenters. The first-order valence-corrected chi connectivity index (χ1v) is 6.67. The van der Waals surface area contributed by atoms with Crippen molar-refractivity contribution >= 4 is 16.7 Å². The molecule has 0 aliphatic carbocycles. The second kappa shape index (κ2) is 3.89. The van der Waals surface area contributed by atoms with Crippen LogP contribution in [0.4, 0.5) is 5.69 Å².